The zero-order valence-corrected chi connectivity index (χ0v) is 9.32. The van der Waals surface area contributed by atoms with Crippen LogP contribution in [0.3, 0.4) is 0 Å². The van der Waals surface area contributed by atoms with Crippen LogP contribution in [-0.4, -0.2) is 13.7 Å². The summed E-state index contributed by atoms with van der Waals surface area (Å²) in [5, 5.41) is 3.52. The zero-order chi connectivity index (χ0) is 11.3. The van der Waals surface area contributed by atoms with Gasteiger partial charge in [-0.2, -0.15) is 0 Å². The second-order valence-electron chi connectivity index (χ2n) is 3.47. The van der Waals surface area contributed by atoms with Crippen LogP contribution in [0.1, 0.15) is 16.7 Å². The summed E-state index contributed by atoms with van der Waals surface area (Å²) in [5.74, 6) is 0.933. The number of rotatable bonds is 4. The molecule has 1 rings (SSSR count). The number of azide groups is 1. The van der Waals surface area contributed by atoms with Crippen molar-refractivity contribution < 1.29 is 4.74 Å². The molecule has 0 saturated carbocycles. The number of aryl methyl sites for hydroxylation is 2. The smallest absolute Gasteiger partial charge is 0.124 e. The molecule has 0 amide bonds. The largest absolute Gasteiger partial charge is 0.496 e. The third kappa shape index (κ3) is 2.89. The third-order valence-corrected chi connectivity index (χ3v) is 2.29. The Morgan fingerprint density at radius 3 is 2.40 bits per heavy atom. The number of methoxy groups -OCH3 is 1. The lowest BCUT2D eigenvalue weighted by Gasteiger charge is -2.10. The molecule has 4 nitrogen and oxygen atoms in total. The normalized spacial score (nSPS) is 9.53. The van der Waals surface area contributed by atoms with Crippen LogP contribution in [0.4, 0.5) is 0 Å². The number of nitrogens with zero attached hydrogens (tertiary/aromatic N) is 3. The van der Waals surface area contributed by atoms with Gasteiger partial charge in [0, 0.05) is 11.5 Å². The van der Waals surface area contributed by atoms with Crippen LogP contribution >= 0.6 is 0 Å². The second kappa shape index (κ2) is 5.27. The summed E-state index contributed by atoms with van der Waals surface area (Å²) in [6.45, 7) is 4.54. The molecule has 0 aliphatic rings. The van der Waals surface area contributed by atoms with Crippen molar-refractivity contribution in [3.63, 3.8) is 0 Å². The quantitative estimate of drug-likeness (QED) is 0.423. The van der Waals surface area contributed by atoms with E-state index in [0.717, 1.165) is 23.3 Å². The predicted molar refractivity (Wildman–Crippen MR) is 60.2 cm³/mol. The number of hydrogen-bond acceptors (Lipinski definition) is 2. The van der Waals surface area contributed by atoms with E-state index in [9.17, 15) is 0 Å². The fourth-order valence-electron chi connectivity index (χ4n) is 1.73. The average Bonchev–Trinajstić information content (AvgIpc) is 2.18. The molecule has 15 heavy (non-hydrogen) atoms. The van der Waals surface area contributed by atoms with Crippen molar-refractivity contribution in [2.24, 2.45) is 5.11 Å². The number of hydrogen-bond donors (Lipinski definition) is 0. The van der Waals surface area contributed by atoms with Crippen molar-refractivity contribution in [3.05, 3.63) is 39.3 Å². The van der Waals surface area contributed by atoms with E-state index >= 15 is 0 Å². The Balaban J connectivity index is 2.88. The maximum Gasteiger partial charge on any atom is 0.124 e. The van der Waals surface area contributed by atoms with Gasteiger partial charge in [0.05, 0.1) is 7.11 Å². The molecule has 80 valence electrons. The lowest BCUT2D eigenvalue weighted by atomic mass is 10.0. The molecule has 0 heterocycles. The van der Waals surface area contributed by atoms with Gasteiger partial charge in [-0.1, -0.05) is 17.2 Å². The lowest BCUT2D eigenvalue weighted by molar-refractivity contribution is 0.408. The minimum Gasteiger partial charge on any atom is -0.496 e. The average molecular weight is 205 g/mol. The summed E-state index contributed by atoms with van der Waals surface area (Å²) < 4.78 is 5.27. The first-order valence-corrected chi connectivity index (χ1v) is 4.84. The molecule has 1 aromatic carbocycles. The standard InChI is InChI=1S/C11H15N3O/c1-8-6-10(4-5-13-14-12)7-9(2)11(8)15-3/h6-7H,4-5H2,1-3H3. The van der Waals surface area contributed by atoms with Crippen LogP contribution in [0.2, 0.25) is 0 Å². The summed E-state index contributed by atoms with van der Waals surface area (Å²) in [7, 11) is 1.68. The minimum absolute atomic E-state index is 0.502. The zero-order valence-electron chi connectivity index (χ0n) is 9.32. The SMILES string of the molecule is COc1c(C)cc(CCN=[N+]=[N-])cc1C. The highest BCUT2D eigenvalue weighted by atomic mass is 16.5. The van der Waals surface area contributed by atoms with Crippen molar-refractivity contribution in [2.75, 3.05) is 13.7 Å². The Labute approximate surface area is 89.5 Å². The molecule has 0 aromatic heterocycles. The minimum atomic E-state index is 0.502. The summed E-state index contributed by atoms with van der Waals surface area (Å²) >= 11 is 0. The van der Waals surface area contributed by atoms with Gasteiger partial charge in [-0.25, -0.2) is 0 Å². The van der Waals surface area contributed by atoms with Gasteiger partial charge in [0.25, 0.3) is 0 Å². The van der Waals surface area contributed by atoms with Gasteiger partial charge < -0.3 is 4.74 Å². The van der Waals surface area contributed by atoms with E-state index in [4.69, 9.17) is 10.3 Å². The molecule has 0 unspecified atom stereocenters. The van der Waals surface area contributed by atoms with Crippen molar-refractivity contribution >= 4 is 0 Å². The summed E-state index contributed by atoms with van der Waals surface area (Å²) in [4.78, 5) is 2.73. The van der Waals surface area contributed by atoms with Crippen LogP contribution in [0.25, 0.3) is 10.4 Å². The Kier molecular flexibility index (Phi) is 4.01. The van der Waals surface area contributed by atoms with Crippen LogP contribution in [-0.2, 0) is 6.42 Å². The molecule has 0 radical (unpaired) electrons. The van der Waals surface area contributed by atoms with E-state index in [2.05, 4.69) is 22.2 Å². The molecular formula is C11H15N3O. The lowest BCUT2D eigenvalue weighted by Crippen LogP contribution is -1.95. The van der Waals surface area contributed by atoms with Gasteiger partial charge in [0.2, 0.25) is 0 Å². The first-order valence-electron chi connectivity index (χ1n) is 4.84. The van der Waals surface area contributed by atoms with Crippen molar-refractivity contribution in [2.45, 2.75) is 20.3 Å². The molecule has 0 aliphatic heterocycles. The fraction of sp³-hybridized carbons (Fsp3) is 0.455. The summed E-state index contributed by atoms with van der Waals surface area (Å²) in [6, 6.07) is 4.14. The summed E-state index contributed by atoms with van der Waals surface area (Å²) in [5.41, 5.74) is 11.6. The van der Waals surface area contributed by atoms with Gasteiger partial charge in [-0.3, -0.25) is 0 Å². The van der Waals surface area contributed by atoms with Crippen LogP contribution < -0.4 is 4.74 Å². The first kappa shape index (κ1) is 11.4. The topological polar surface area (TPSA) is 58.0 Å². The number of ether oxygens (including phenoxy) is 1. The molecule has 0 fully saturated rings. The molecule has 0 aliphatic carbocycles. The van der Waals surface area contributed by atoms with Crippen molar-refractivity contribution in [3.8, 4) is 5.75 Å². The van der Waals surface area contributed by atoms with E-state index in [1.165, 1.54) is 5.56 Å². The Hall–Kier alpha value is -1.67. The molecule has 0 atom stereocenters. The van der Waals surface area contributed by atoms with Crippen molar-refractivity contribution in [1.29, 1.82) is 0 Å². The fourth-order valence-corrected chi connectivity index (χ4v) is 1.73. The Bertz CT molecular complexity index is 372. The van der Waals surface area contributed by atoms with E-state index < -0.39 is 0 Å². The number of benzene rings is 1. The monoisotopic (exact) mass is 205 g/mol. The van der Waals surface area contributed by atoms with Gasteiger partial charge in [-0.05, 0) is 42.5 Å². The van der Waals surface area contributed by atoms with E-state index in [1.807, 2.05) is 13.8 Å². The molecule has 4 heteroatoms. The van der Waals surface area contributed by atoms with Crippen molar-refractivity contribution in [1.82, 2.24) is 0 Å². The Morgan fingerprint density at radius 2 is 1.93 bits per heavy atom. The van der Waals surface area contributed by atoms with Gasteiger partial charge in [0.15, 0.2) is 0 Å². The maximum absolute atomic E-state index is 8.17. The van der Waals surface area contributed by atoms with E-state index in [-0.39, 0.29) is 0 Å². The highest BCUT2D eigenvalue weighted by molar-refractivity contribution is 5.43. The highest BCUT2D eigenvalue weighted by Crippen LogP contribution is 2.24. The van der Waals surface area contributed by atoms with Gasteiger partial charge in [0.1, 0.15) is 5.75 Å². The highest BCUT2D eigenvalue weighted by Gasteiger charge is 2.04. The maximum atomic E-state index is 8.17. The molecule has 0 saturated heterocycles. The molecule has 1 aromatic rings. The van der Waals surface area contributed by atoms with Crippen LogP contribution in [0.5, 0.6) is 5.75 Å². The van der Waals surface area contributed by atoms with Gasteiger partial charge >= 0.3 is 0 Å². The second-order valence-corrected chi connectivity index (χ2v) is 3.47. The van der Waals surface area contributed by atoms with E-state index in [0.29, 0.717) is 6.54 Å². The molecule has 0 spiro atoms. The van der Waals surface area contributed by atoms with Crippen LogP contribution in [0, 0.1) is 13.8 Å². The molecule has 0 N–H and O–H groups in total. The predicted octanol–water partition coefficient (Wildman–Crippen LogP) is 3.16. The molecular weight excluding hydrogens is 190 g/mol. The first-order chi connectivity index (χ1) is 7.19. The third-order valence-electron chi connectivity index (χ3n) is 2.29. The summed E-state index contributed by atoms with van der Waals surface area (Å²) in [6.07, 6.45) is 0.774. The Morgan fingerprint density at radius 1 is 1.33 bits per heavy atom. The van der Waals surface area contributed by atoms with Crippen LogP contribution in [0.15, 0.2) is 17.2 Å². The van der Waals surface area contributed by atoms with Gasteiger partial charge in [-0.15, -0.1) is 0 Å². The van der Waals surface area contributed by atoms with E-state index in [1.54, 1.807) is 7.11 Å². The molecule has 0 bridgehead atoms.